The summed E-state index contributed by atoms with van der Waals surface area (Å²) < 4.78 is 5.96. The normalized spacial score (nSPS) is 15.2. The molecule has 1 aliphatic heterocycles. The molecule has 0 bridgehead atoms. The van der Waals surface area contributed by atoms with Gasteiger partial charge in [-0.25, -0.2) is 0 Å². The third-order valence-corrected chi connectivity index (χ3v) is 5.80. The minimum Gasteiger partial charge on any atom is -0.493 e. The zero-order valence-corrected chi connectivity index (χ0v) is 20.7. The summed E-state index contributed by atoms with van der Waals surface area (Å²) in [4.78, 5) is 6.89. The summed E-state index contributed by atoms with van der Waals surface area (Å²) in [6.07, 6.45) is 2.24. The number of para-hydroxylation sites is 1. The molecule has 0 atom stereocenters. The second kappa shape index (κ2) is 12.3. The minimum absolute atomic E-state index is 0. The average molecular weight is 529 g/mol. The molecule has 1 aromatic carbocycles. The molecule has 0 unspecified atom stereocenters. The third-order valence-electron chi connectivity index (χ3n) is 4.87. The van der Waals surface area contributed by atoms with Gasteiger partial charge in [-0.1, -0.05) is 32.0 Å². The number of benzene rings is 1. The van der Waals surface area contributed by atoms with Crippen LogP contribution in [-0.2, 0) is 6.54 Å². The van der Waals surface area contributed by atoms with E-state index < -0.39 is 0 Å². The second-order valence-corrected chi connectivity index (χ2v) is 8.52. The van der Waals surface area contributed by atoms with Crippen LogP contribution in [0.15, 0.2) is 46.8 Å². The molecule has 0 amide bonds. The van der Waals surface area contributed by atoms with Crippen molar-refractivity contribution >= 4 is 46.3 Å². The van der Waals surface area contributed by atoms with Gasteiger partial charge < -0.3 is 20.3 Å². The van der Waals surface area contributed by atoms with Gasteiger partial charge in [-0.3, -0.25) is 4.99 Å². The maximum atomic E-state index is 5.96. The molecular weight excluding hydrogens is 495 g/mol. The van der Waals surface area contributed by atoms with Crippen LogP contribution in [0.3, 0.4) is 0 Å². The predicted molar refractivity (Wildman–Crippen MR) is 135 cm³/mol. The summed E-state index contributed by atoms with van der Waals surface area (Å²) in [5, 5.41) is 10.6. The number of ether oxygens (including phenoxy) is 1. The topological polar surface area (TPSA) is 48.9 Å². The van der Waals surface area contributed by atoms with E-state index in [4.69, 9.17) is 4.74 Å². The molecule has 160 valence electrons. The molecular formula is C22H33IN4OS. The van der Waals surface area contributed by atoms with Crippen molar-refractivity contribution in [3.05, 3.63) is 47.3 Å². The van der Waals surface area contributed by atoms with Gasteiger partial charge in [-0.05, 0) is 42.3 Å². The average Bonchev–Trinajstić information content (AvgIpc) is 3.25. The number of rotatable bonds is 7. The summed E-state index contributed by atoms with van der Waals surface area (Å²) in [7, 11) is 1.83. The van der Waals surface area contributed by atoms with Gasteiger partial charge in [0.2, 0.25) is 0 Å². The number of thiophene rings is 1. The van der Waals surface area contributed by atoms with E-state index in [1.54, 1.807) is 0 Å². The summed E-state index contributed by atoms with van der Waals surface area (Å²) in [5.41, 5.74) is 1.15. The van der Waals surface area contributed by atoms with Gasteiger partial charge in [0.15, 0.2) is 5.96 Å². The van der Waals surface area contributed by atoms with E-state index in [9.17, 15) is 0 Å². The van der Waals surface area contributed by atoms with Crippen molar-refractivity contribution in [3.8, 4) is 5.75 Å². The monoisotopic (exact) mass is 528 g/mol. The lowest BCUT2D eigenvalue weighted by molar-refractivity contribution is 0.268. The zero-order chi connectivity index (χ0) is 19.8. The highest BCUT2D eigenvalue weighted by Crippen LogP contribution is 2.25. The van der Waals surface area contributed by atoms with Crippen molar-refractivity contribution < 1.29 is 4.74 Å². The molecule has 2 aromatic rings. The standard InChI is InChI=1S/C22H32N4OS.HI/c1-17(2)16-27-20-8-5-4-7-18(20)15-24-22(23-3)25-19-10-12-26(13-11-19)21-9-6-14-28-21;/h4-9,14,17,19H,10-13,15-16H2,1-3H3,(H2,23,24,25);1H. The van der Waals surface area contributed by atoms with Crippen molar-refractivity contribution in [2.24, 2.45) is 10.9 Å². The number of anilines is 1. The van der Waals surface area contributed by atoms with E-state index in [0.29, 0.717) is 18.5 Å². The lowest BCUT2D eigenvalue weighted by Gasteiger charge is -2.33. The molecule has 2 heterocycles. The highest BCUT2D eigenvalue weighted by molar-refractivity contribution is 14.0. The fourth-order valence-electron chi connectivity index (χ4n) is 3.31. The van der Waals surface area contributed by atoms with Gasteiger partial charge >= 0.3 is 0 Å². The van der Waals surface area contributed by atoms with E-state index in [0.717, 1.165) is 49.8 Å². The van der Waals surface area contributed by atoms with Crippen molar-refractivity contribution in [2.75, 3.05) is 31.6 Å². The molecule has 2 N–H and O–H groups in total. The van der Waals surface area contributed by atoms with Crippen LogP contribution >= 0.6 is 35.3 Å². The van der Waals surface area contributed by atoms with Crippen molar-refractivity contribution in [3.63, 3.8) is 0 Å². The lowest BCUT2D eigenvalue weighted by atomic mass is 10.1. The number of nitrogens with zero attached hydrogens (tertiary/aromatic N) is 2. The highest BCUT2D eigenvalue weighted by Gasteiger charge is 2.20. The molecule has 3 rings (SSSR count). The van der Waals surface area contributed by atoms with E-state index >= 15 is 0 Å². The molecule has 0 spiro atoms. The van der Waals surface area contributed by atoms with Gasteiger partial charge in [0, 0.05) is 38.3 Å². The van der Waals surface area contributed by atoms with E-state index in [2.05, 4.69) is 64.0 Å². The highest BCUT2D eigenvalue weighted by atomic mass is 127. The molecule has 1 aliphatic rings. The largest absolute Gasteiger partial charge is 0.493 e. The first-order valence-electron chi connectivity index (χ1n) is 10.1. The number of hydrogen-bond acceptors (Lipinski definition) is 4. The molecule has 1 aromatic heterocycles. The first-order valence-corrected chi connectivity index (χ1v) is 11.0. The Morgan fingerprint density at radius 2 is 1.97 bits per heavy atom. The molecule has 7 heteroatoms. The van der Waals surface area contributed by atoms with Crippen LogP contribution in [0.25, 0.3) is 0 Å². The third kappa shape index (κ3) is 7.37. The number of piperidine rings is 1. The van der Waals surface area contributed by atoms with Gasteiger partial charge in [0.1, 0.15) is 5.75 Å². The summed E-state index contributed by atoms with van der Waals surface area (Å²) in [5.74, 6) is 2.31. The van der Waals surface area contributed by atoms with Gasteiger partial charge in [-0.15, -0.1) is 35.3 Å². The predicted octanol–water partition coefficient (Wildman–Crippen LogP) is 4.73. The Labute approximate surface area is 196 Å². The van der Waals surface area contributed by atoms with Crippen LogP contribution in [-0.4, -0.2) is 38.7 Å². The summed E-state index contributed by atoms with van der Waals surface area (Å²) >= 11 is 1.82. The number of hydrogen-bond donors (Lipinski definition) is 2. The Hall–Kier alpha value is -1.48. The SMILES string of the molecule is CN=C(NCc1ccccc1OCC(C)C)NC1CCN(c2cccs2)CC1.I. The maximum Gasteiger partial charge on any atom is 0.191 e. The first kappa shape index (κ1) is 23.8. The lowest BCUT2D eigenvalue weighted by Crippen LogP contribution is -2.48. The number of nitrogens with one attached hydrogen (secondary N) is 2. The van der Waals surface area contributed by atoms with E-state index in [1.807, 2.05) is 30.5 Å². The van der Waals surface area contributed by atoms with Crippen LogP contribution < -0.4 is 20.3 Å². The van der Waals surface area contributed by atoms with Crippen LogP contribution in [0.4, 0.5) is 5.00 Å². The summed E-state index contributed by atoms with van der Waals surface area (Å²) in [6.45, 7) is 7.92. The Kier molecular flexibility index (Phi) is 10.1. The van der Waals surface area contributed by atoms with Gasteiger partial charge in [-0.2, -0.15) is 0 Å². The fourth-order valence-corrected chi connectivity index (χ4v) is 4.09. The molecule has 5 nitrogen and oxygen atoms in total. The van der Waals surface area contributed by atoms with Gasteiger partial charge in [0.25, 0.3) is 0 Å². The van der Waals surface area contributed by atoms with Crippen LogP contribution in [0.5, 0.6) is 5.75 Å². The molecule has 1 fully saturated rings. The Balaban J connectivity index is 0.00000300. The van der Waals surface area contributed by atoms with E-state index in [1.165, 1.54) is 5.00 Å². The molecule has 0 radical (unpaired) electrons. The second-order valence-electron chi connectivity index (χ2n) is 7.60. The number of halogens is 1. The van der Waals surface area contributed by atoms with Crippen LogP contribution in [0, 0.1) is 5.92 Å². The molecule has 29 heavy (non-hydrogen) atoms. The van der Waals surface area contributed by atoms with E-state index in [-0.39, 0.29) is 24.0 Å². The Morgan fingerprint density at radius 3 is 2.62 bits per heavy atom. The Morgan fingerprint density at radius 1 is 1.21 bits per heavy atom. The minimum atomic E-state index is 0. The molecule has 1 saturated heterocycles. The number of aliphatic imine (C=N–C) groups is 1. The van der Waals surface area contributed by atoms with Gasteiger partial charge in [0.05, 0.1) is 11.6 Å². The van der Waals surface area contributed by atoms with Crippen molar-refractivity contribution in [1.29, 1.82) is 0 Å². The maximum absolute atomic E-state index is 5.96. The van der Waals surface area contributed by atoms with Crippen molar-refractivity contribution in [2.45, 2.75) is 39.3 Å². The van der Waals surface area contributed by atoms with Crippen molar-refractivity contribution in [1.82, 2.24) is 10.6 Å². The van der Waals surface area contributed by atoms with Crippen LogP contribution in [0.2, 0.25) is 0 Å². The zero-order valence-electron chi connectivity index (χ0n) is 17.6. The number of guanidine groups is 1. The van der Waals surface area contributed by atoms with Crippen LogP contribution in [0.1, 0.15) is 32.3 Å². The summed E-state index contributed by atoms with van der Waals surface area (Å²) in [6, 6.07) is 13.0. The Bertz CT molecular complexity index is 743. The smallest absolute Gasteiger partial charge is 0.191 e. The fraction of sp³-hybridized carbons (Fsp3) is 0.500. The molecule has 0 saturated carbocycles. The first-order chi connectivity index (χ1) is 13.7. The molecule has 0 aliphatic carbocycles. The quantitative estimate of drug-likeness (QED) is 0.310.